The quantitative estimate of drug-likeness (QED) is 0.637. The van der Waals surface area contributed by atoms with E-state index in [1.54, 1.807) is 20.8 Å². The van der Waals surface area contributed by atoms with Crippen molar-refractivity contribution >= 4 is 6.47 Å². The van der Waals surface area contributed by atoms with Crippen LogP contribution in [0.5, 0.6) is 0 Å². The molecule has 0 bridgehead atoms. The standard InChI is InChI=1S/C5H9O2.Ce/c1-5(2,3)7-4-6;/h1-3H3;/q-1;. The molecule has 3 heteroatoms. The monoisotopic (exact) mass is 241 g/mol. The van der Waals surface area contributed by atoms with Crippen LogP contribution < -0.4 is 0 Å². The normalized spacial score (nSPS) is 9.38. The van der Waals surface area contributed by atoms with E-state index in [1.807, 2.05) is 0 Å². The van der Waals surface area contributed by atoms with Crippen LogP contribution >= 0.6 is 0 Å². The summed E-state index contributed by atoms with van der Waals surface area (Å²) >= 11 is 0. The summed E-state index contributed by atoms with van der Waals surface area (Å²) in [5, 5.41) is 0. The molecule has 2 nitrogen and oxygen atoms in total. The third-order valence-corrected chi connectivity index (χ3v) is 0.348. The second-order valence-corrected chi connectivity index (χ2v) is 2.30. The van der Waals surface area contributed by atoms with Crippen molar-refractivity contribution in [1.29, 1.82) is 0 Å². The topological polar surface area (TPSA) is 26.3 Å². The first-order valence-corrected chi connectivity index (χ1v) is 2.11. The van der Waals surface area contributed by atoms with Crippen molar-refractivity contribution in [3.05, 3.63) is 0 Å². The molecule has 0 rings (SSSR count). The molecular formula is C5H9CeO2-. The number of hydrogen-bond acceptors (Lipinski definition) is 2. The van der Waals surface area contributed by atoms with Crippen molar-refractivity contribution in [2.75, 3.05) is 0 Å². The van der Waals surface area contributed by atoms with Crippen LogP contribution in [-0.2, 0) is 9.53 Å². The van der Waals surface area contributed by atoms with Gasteiger partial charge in [0.15, 0.2) is 0 Å². The molecule has 0 spiro atoms. The summed E-state index contributed by atoms with van der Waals surface area (Å²) < 4.78 is 4.42. The van der Waals surface area contributed by atoms with Crippen molar-refractivity contribution in [1.82, 2.24) is 0 Å². The van der Waals surface area contributed by atoms with Crippen LogP contribution in [0, 0.1) is 41.7 Å². The van der Waals surface area contributed by atoms with Crippen LogP contribution in [0.15, 0.2) is 0 Å². The van der Waals surface area contributed by atoms with Gasteiger partial charge in [0.1, 0.15) is 0 Å². The van der Waals surface area contributed by atoms with Crippen molar-refractivity contribution in [2.24, 2.45) is 0 Å². The largest absolute Gasteiger partial charge is 0.649 e. The van der Waals surface area contributed by atoms with E-state index in [0.29, 0.717) is 0 Å². The average Bonchev–Trinajstić information content (AvgIpc) is 1.30. The number of hydrogen-bond donors (Lipinski definition) is 0. The molecule has 0 radical (unpaired) electrons. The van der Waals surface area contributed by atoms with Gasteiger partial charge in [0, 0.05) is 41.7 Å². The minimum absolute atomic E-state index is 0. The predicted molar refractivity (Wildman–Crippen MR) is 26.5 cm³/mol. The Kier molecular flexibility index (Phi) is 6.83. The second kappa shape index (κ2) is 4.70. The van der Waals surface area contributed by atoms with Gasteiger partial charge in [-0.05, 0) is 20.8 Å². The Morgan fingerprint density at radius 1 is 1.38 bits per heavy atom. The van der Waals surface area contributed by atoms with Crippen LogP contribution in [0.4, 0.5) is 0 Å². The van der Waals surface area contributed by atoms with Crippen LogP contribution in [-0.4, -0.2) is 12.1 Å². The molecule has 0 fully saturated rings. The molecule has 0 N–H and O–H groups in total. The summed E-state index contributed by atoms with van der Waals surface area (Å²) in [6.07, 6.45) is 0. The molecule has 0 aromatic carbocycles. The van der Waals surface area contributed by atoms with Gasteiger partial charge in [-0.15, -0.1) is 0 Å². The van der Waals surface area contributed by atoms with E-state index in [4.69, 9.17) is 0 Å². The van der Waals surface area contributed by atoms with Crippen LogP contribution in [0.2, 0.25) is 0 Å². The Morgan fingerprint density at radius 3 is 1.75 bits per heavy atom. The maximum atomic E-state index is 9.47. The van der Waals surface area contributed by atoms with Crippen LogP contribution in [0.25, 0.3) is 0 Å². The van der Waals surface area contributed by atoms with Gasteiger partial charge in [-0.2, -0.15) is 0 Å². The molecule has 0 aromatic heterocycles. The van der Waals surface area contributed by atoms with Gasteiger partial charge in [-0.1, -0.05) is 6.47 Å². The van der Waals surface area contributed by atoms with Crippen molar-refractivity contribution < 1.29 is 51.3 Å². The van der Waals surface area contributed by atoms with Gasteiger partial charge in [0.05, 0.1) is 5.60 Å². The Balaban J connectivity index is 0. The van der Waals surface area contributed by atoms with Gasteiger partial charge in [-0.3, -0.25) is 0 Å². The molecule has 0 saturated heterocycles. The number of rotatable bonds is 1. The molecule has 8 heavy (non-hydrogen) atoms. The molecule has 0 amide bonds. The van der Waals surface area contributed by atoms with Gasteiger partial charge >= 0.3 is 0 Å². The summed E-state index contributed by atoms with van der Waals surface area (Å²) in [5.41, 5.74) is -0.373. The maximum absolute atomic E-state index is 9.47. The molecule has 0 saturated carbocycles. The SMILES string of the molecule is CC(C)(C)O[C-]=O.[Ce]. The molecule has 0 atom stereocenters. The van der Waals surface area contributed by atoms with Crippen molar-refractivity contribution in [3.8, 4) is 0 Å². The number of ether oxygens (including phenoxy) is 1. The molecule has 0 aliphatic carbocycles. The first-order valence-electron chi connectivity index (χ1n) is 2.11. The smallest absolute Gasteiger partial charge is 0.0623 e. The van der Waals surface area contributed by atoms with Crippen LogP contribution in [0.1, 0.15) is 20.8 Å². The van der Waals surface area contributed by atoms with Gasteiger partial charge in [0.25, 0.3) is 0 Å². The Hall–Kier alpha value is 0.847. The third-order valence-electron chi connectivity index (χ3n) is 0.348. The van der Waals surface area contributed by atoms with Gasteiger partial charge in [0.2, 0.25) is 0 Å². The van der Waals surface area contributed by atoms with E-state index < -0.39 is 0 Å². The Morgan fingerprint density at radius 2 is 1.75 bits per heavy atom. The first-order chi connectivity index (χ1) is 3.06. The first kappa shape index (κ1) is 11.6. The third kappa shape index (κ3) is 9.96. The molecule has 46 valence electrons. The molecule has 0 unspecified atom stereocenters. The Labute approximate surface area is 83.4 Å². The predicted octanol–water partition coefficient (Wildman–Crippen LogP) is 0.869. The molecule has 0 aliphatic heterocycles. The van der Waals surface area contributed by atoms with Crippen molar-refractivity contribution in [2.45, 2.75) is 26.4 Å². The summed E-state index contributed by atoms with van der Waals surface area (Å²) in [7, 11) is 0. The van der Waals surface area contributed by atoms with E-state index >= 15 is 0 Å². The summed E-state index contributed by atoms with van der Waals surface area (Å²) in [6.45, 7) is 6.73. The minimum atomic E-state index is -0.373. The summed E-state index contributed by atoms with van der Waals surface area (Å²) in [4.78, 5) is 9.47. The molecule has 0 heterocycles. The zero-order valence-electron chi connectivity index (χ0n) is 5.32. The second-order valence-electron chi connectivity index (χ2n) is 2.30. The fourth-order valence-electron chi connectivity index (χ4n) is 0.125. The van der Waals surface area contributed by atoms with E-state index in [9.17, 15) is 4.79 Å². The molecule has 0 aliphatic rings. The average molecular weight is 241 g/mol. The zero-order chi connectivity index (χ0) is 5.91. The fourth-order valence-corrected chi connectivity index (χ4v) is 0.125. The summed E-state index contributed by atoms with van der Waals surface area (Å²) in [6, 6.07) is 0. The molecular weight excluding hydrogens is 232 g/mol. The van der Waals surface area contributed by atoms with Crippen LogP contribution in [0.3, 0.4) is 0 Å². The summed E-state index contributed by atoms with van der Waals surface area (Å²) in [5.74, 6) is 0. The van der Waals surface area contributed by atoms with E-state index in [2.05, 4.69) is 4.74 Å². The zero-order valence-corrected chi connectivity index (χ0v) is 8.46. The molecule has 0 aromatic rings. The van der Waals surface area contributed by atoms with Gasteiger partial charge in [-0.25, -0.2) is 0 Å². The maximum Gasteiger partial charge on any atom is 0.0623 e. The number of carbonyl (C=O) groups excluding carboxylic acids is 1. The van der Waals surface area contributed by atoms with Crippen molar-refractivity contribution in [3.63, 3.8) is 0 Å². The van der Waals surface area contributed by atoms with E-state index in [0.717, 1.165) is 0 Å². The minimum Gasteiger partial charge on any atom is -0.649 e. The Bertz CT molecular complexity index is 65.3. The van der Waals surface area contributed by atoms with E-state index in [-0.39, 0.29) is 47.3 Å². The van der Waals surface area contributed by atoms with E-state index in [1.165, 1.54) is 6.47 Å². The van der Waals surface area contributed by atoms with Gasteiger partial charge < -0.3 is 9.53 Å². The fraction of sp³-hybridized carbons (Fsp3) is 0.800.